The Balaban J connectivity index is 1.77. The first kappa shape index (κ1) is 13.3. The number of rotatable bonds is 5. The average molecular weight is 252 g/mol. The van der Waals surface area contributed by atoms with Gasteiger partial charge in [0, 0.05) is 19.1 Å². The summed E-state index contributed by atoms with van der Waals surface area (Å²) in [5.41, 5.74) is 0.860. The number of phenolic OH excluding ortho intramolecular Hbond substituents is 1. The van der Waals surface area contributed by atoms with Crippen LogP contribution in [0.1, 0.15) is 25.3 Å². The molecular weight excluding hydrogens is 231 g/mol. The van der Waals surface area contributed by atoms with Crippen LogP contribution in [-0.2, 0) is 6.54 Å². The highest BCUT2D eigenvalue weighted by Gasteiger charge is 2.14. The molecule has 0 saturated carbocycles. The number of phenols is 1. The molecular formula is C14H21FN2O. The van der Waals surface area contributed by atoms with Gasteiger partial charge in [0.25, 0.3) is 0 Å². The van der Waals surface area contributed by atoms with Gasteiger partial charge in [-0.15, -0.1) is 0 Å². The highest BCUT2D eigenvalue weighted by Crippen LogP contribution is 2.16. The van der Waals surface area contributed by atoms with Crippen LogP contribution < -0.4 is 5.32 Å². The van der Waals surface area contributed by atoms with Crippen LogP contribution in [0.2, 0.25) is 0 Å². The summed E-state index contributed by atoms with van der Waals surface area (Å²) in [6.45, 7) is 6.21. The minimum atomic E-state index is -0.554. The van der Waals surface area contributed by atoms with Crippen molar-refractivity contribution in [3.63, 3.8) is 0 Å². The number of likely N-dealkylation sites (tertiary alicyclic amines) is 1. The van der Waals surface area contributed by atoms with Gasteiger partial charge in [-0.1, -0.05) is 6.07 Å². The van der Waals surface area contributed by atoms with Gasteiger partial charge in [-0.2, -0.15) is 0 Å². The Morgan fingerprint density at radius 1 is 1.39 bits per heavy atom. The number of benzene rings is 1. The summed E-state index contributed by atoms with van der Waals surface area (Å²) in [6, 6.07) is 4.91. The van der Waals surface area contributed by atoms with Crippen LogP contribution >= 0.6 is 0 Å². The fourth-order valence-corrected chi connectivity index (χ4v) is 2.37. The van der Waals surface area contributed by atoms with E-state index in [1.165, 1.54) is 38.1 Å². The van der Waals surface area contributed by atoms with E-state index >= 15 is 0 Å². The molecule has 2 N–H and O–H groups in total. The minimum absolute atomic E-state index is 0.288. The molecule has 3 nitrogen and oxygen atoms in total. The van der Waals surface area contributed by atoms with E-state index in [1.807, 2.05) is 0 Å². The molecule has 1 aliphatic rings. The van der Waals surface area contributed by atoms with Crippen molar-refractivity contribution in [3.05, 3.63) is 29.6 Å². The number of nitrogens with one attached hydrogen (secondary N) is 1. The summed E-state index contributed by atoms with van der Waals surface area (Å²) < 4.78 is 13.1. The van der Waals surface area contributed by atoms with Crippen LogP contribution in [0, 0.1) is 5.82 Å². The zero-order chi connectivity index (χ0) is 13.0. The number of nitrogens with zero attached hydrogens (tertiary/aromatic N) is 1. The van der Waals surface area contributed by atoms with E-state index in [0.717, 1.165) is 12.1 Å². The van der Waals surface area contributed by atoms with E-state index in [-0.39, 0.29) is 5.75 Å². The van der Waals surface area contributed by atoms with E-state index in [9.17, 15) is 4.39 Å². The standard InChI is InChI=1S/C14H21FN2O/c1-11(10-17-6-2-3-7-17)16-9-12-4-5-14(18)13(15)8-12/h4-5,8,11,16,18H,2-3,6-7,9-10H2,1H3. The monoisotopic (exact) mass is 252 g/mol. The van der Waals surface area contributed by atoms with Crippen LogP contribution in [0.25, 0.3) is 0 Å². The van der Waals surface area contributed by atoms with Gasteiger partial charge < -0.3 is 15.3 Å². The second kappa shape index (κ2) is 6.16. The lowest BCUT2D eigenvalue weighted by Crippen LogP contribution is -2.37. The van der Waals surface area contributed by atoms with Gasteiger partial charge in [-0.3, -0.25) is 0 Å². The molecule has 100 valence electrons. The second-order valence-electron chi connectivity index (χ2n) is 5.08. The van der Waals surface area contributed by atoms with Gasteiger partial charge in [0.1, 0.15) is 0 Å². The fourth-order valence-electron chi connectivity index (χ4n) is 2.37. The fraction of sp³-hybridized carbons (Fsp3) is 0.571. The molecule has 1 aromatic rings. The number of halogens is 1. The summed E-state index contributed by atoms with van der Waals surface area (Å²) in [7, 11) is 0. The Morgan fingerprint density at radius 2 is 2.11 bits per heavy atom. The van der Waals surface area contributed by atoms with Crippen LogP contribution in [-0.4, -0.2) is 35.7 Å². The lowest BCUT2D eigenvalue weighted by Gasteiger charge is -2.21. The highest BCUT2D eigenvalue weighted by molar-refractivity contribution is 5.27. The normalized spacial score (nSPS) is 18.1. The first-order chi connectivity index (χ1) is 8.65. The molecule has 2 rings (SSSR count). The third-order valence-electron chi connectivity index (χ3n) is 3.40. The van der Waals surface area contributed by atoms with Gasteiger partial charge in [0.2, 0.25) is 0 Å². The van der Waals surface area contributed by atoms with Crippen molar-refractivity contribution in [2.24, 2.45) is 0 Å². The molecule has 0 aromatic heterocycles. The van der Waals surface area contributed by atoms with E-state index in [4.69, 9.17) is 5.11 Å². The van der Waals surface area contributed by atoms with E-state index in [1.54, 1.807) is 6.07 Å². The van der Waals surface area contributed by atoms with Crippen molar-refractivity contribution in [3.8, 4) is 5.75 Å². The third kappa shape index (κ3) is 3.68. The number of aromatic hydroxyl groups is 1. The Kier molecular flexibility index (Phi) is 4.55. The summed E-state index contributed by atoms with van der Waals surface area (Å²) in [6.07, 6.45) is 2.60. The molecule has 0 bridgehead atoms. The molecule has 18 heavy (non-hydrogen) atoms. The molecule has 0 amide bonds. The Bertz CT molecular complexity index is 391. The van der Waals surface area contributed by atoms with Gasteiger partial charge in [-0.05, 0) is 50.6 Å². The lowest BCUT2D eigenvalue weighted by molar-refractivity contribution is 0.298. The number of hydrogen-bond donors (Lipinski definition) is 2. The summed E-state index contributed by atoms with van der Waals surface area (Å²) in [5.74, 6) is -0.842. The third-order valence-corrected chi connectivity index (χ3v) is 3.40. The van der Waals surface area contributed by atoms with Gasteiger partial charge in [-0.25, -0.2) is 4.39 Å². The molecule has 1 saturated heterocycles. The summed E-state index contributed by atoms with van der Waals surface area (Å²) in [4.78, 5) is 2.45. The van der Waals surface area contributed by atoms with Crippen molar-refractivity contribution < 1.29 is 9.50 Å². The first-order valence-electron chi connectivity index (χ1n) is 6.58. The summed E-state index contributed by atoms with van der Waals surface area (Å²) in [5, 5.41) is 12.5. The molecule has 1 unspecified atom stereocenters. The molecule has 1 aliphatic heterocycles. The van der Waals surface area contributed by atoms with Crippen molar-refractivity contribution in [2.45, 2.75) is 32.4 Å². The Morgan fingerprint density at radius 3 is 2.78 bits per heavy atom. The predicted octanol–water partition coefficient (Wildman–Crippen LogP) is 2.11. The van der Waals surface area contributed by atoms with E-state index in [2.05, 4.69) is 17.1 Å². The molecule has 0 spiro atoms. The maximum absolute atomic E-state index is 13.1. The molecule has 0 aliphatic carbocycles. The van der Waals surface area contributed by atoms with Crippen LogP contribution in [0.3, 0.4) is 0 Å². The molecule has 1 aromatic carbocycles. The highest BCUT2D eigenvalue weighted by atomic mass is 19.1. The van der Waals surface area contributed by atoms with Gasteiger partial charge >= 0.3 is 0 Å². The lowest BCUT2D eigenvalue weighted by atomic mass is 10.2. The van der Waals surface area contributed by atoms with Gasteiger partial charge in [0.15, 0.2) is 11.6 Å². The molecule has 1 atom stereocenters. The van der Waals surface area contributed by atoms with E-state index < -0.39 is 5.82 Å². The Hall–Kier alpha value is -1.13. The van der Waals surface area contributed by atoms with Crippen molar-refractivity contribution in [1.29, 1.82) is 0 Å². The maximum Gasteiger partial charge on any atom is 0.165 e. The van der Waals surface area contributed by atoms with Crippen molar-refractivity contribution >= 4 is 0 Å². The SMILES string of the molecule is CC(CN1CCCC1)NCc1ccc(O)c(F)c1. The molecule has 1 heterocycles. The predicted molar refractivity (Wildman–Crippen MR) is 70.0 cm³/mol. The molecule has 1 fully saturated rings. The quantitative estimate of drug-likeness (QED) is 0.842. The van der Waals surface area contributed by atoms with Crippen LogP contribution in [0.15, 0.2) is 18.2 Å². The Labute approximate surface area is 108 Å². The smallest absolute Gasteiger partial charge is 0.165 e. The van der Waals surface area contributed by atoms with Gasteiger partial charge in [0.05, 0.1) is 0 Å². The molecule has 4 heteroatoms. The largest absolute Gasteiger partial charge is 0.505 e. The summed E-state index contributed by atoms with van der Waals surface area (Å²) >= 11 is 0. The second-order valence-corrected chi connectivity index (χ2v) is 5.08. The van der Waals surface area contributed by atoms with Crippen molar-refractivity contribution in [2.75, 3.05) is 19.6 Å². The first-order valence-corrected chi connectivity index (χ1v) is 6.58. The van der Waals surface area contributed by atoms with Crippen molar-refractivity contribution in [1.82, 2.24) is 10.2 Å². The minimum Gasteiger partial charge on any atom is -0.505 e. The average Bonchev–Trinajstić information content (AvgIpc) is 2.83. The van der Waals surface area contributed by atoms with Crippen LogP contribution in [0.5, 0.6) is 5.75 Å². The topological polar surface area (TPSA) is 35.5 Å². The zero-order valence-electron chi connectivity index (χ0n) is 10.8. The van der Waals surface area contributed by atoms with E-state index in [0.29, 0.717) is 12.6 Å². The zero-order valence-corrected chi connectivity index (χ0v) is 10.8. The maximum atomic E-state index is 13.1. The molecule has 0 radical (unpaired) electrons. The number of hydrogen-bond acceptors (Lipinski definition) is 3. The van der Waals surface area contributed by atoms with Crippen LogP contribution in [0.4, 0.5) is 4.39 Å².